The number of allylic oxidation sites excluding steroid dienone is 2. The lowest BCUT2D eigenvalue weighted by molar-refractivity contribution is 0.0566. The number of hydrogen-bond donors (Lipinski definition) is 0. The zero-order valence-electron chi connectivity index (χ0n) is 17.4. The quantitative estimate of drug-likeness (QED) is 0.289. The minimum absolute atomic E-state index is 0.363. The highest BCUT2D eigenvalue weighted by Crippen LogP contribution is 2.17. The molecule has 150 valence electrons. The molecule has 0 amide bonds. The largest absolute Gasteiger partial charge is 0.379 e. The molecule has 1 aromatic heterocycles. The van der Waals surface area contributed by atoms with Crippen LogP contribution < -0.4 is 0 Å². The third-order valence-corrected chi connectivity index (χ3v) is 4.70. The van der Waals surface area contributed by atoms with Crippen molar-refractivity contribution in [2.24, 2.45) is 0 Å². The van der Waals surface area contributed by atoms with Crippen molar-refractivity contribution in [3.05, 3.63) is 66.5 Å². The maximum atomic E-state index is 5.84. The van der Waals surface area contributed by atoms with Gasteiger partial charge in [0.1, 0.15) is 0 Å². The molecule has 0 saturated heterocycles. The topological polar surface area (TPSA) is 35.0 Å². The summed E-state index contributed by atoms with van der Waals surface area (Å²) in [4.78, 5) is 8.89. The molecule has 0 aliphatic heterocycles. The maximum absolute atomic E-state index is 5.84. The number of hydrogen-bond acceptors (Lipinski definition) is 3. The Labute approximate surface area is 170 Å². The first kappa shape index (κ1) is 22.0. The number of nitrogens with zero attached hydrogens (tertiary/aromatic N) is 2. The number of rotatable bonds is 13. The van der Waals surface area contributed by atoms with E-state index in [1.807, 2.05) is 18.5 Å². The number of ether oxygens (including phenoxy) is 1. The molecule has 1 atom stereocenters. The van der Waals surface area contributed by atoms with Gasteiger partial charge in [-0.1, -0.05) is 62.3 Å². The van der Waals surface area contributed by atoms with Gasteiger partial charge in [0.25, 0.3) is 0 Å². The maximum Gasteiger partial charge on any atom is 0.159 e. The Morgan fingerprint density at radius 1 is 1.07 bits per heavy atom. The zero-order valence-corrected chi connectivity index (χ0v) is 17.4. The van der Waals surface area contributed by atoms with Crippen molar-refractivity contribution in [3.8, 4) is 11.4 Å². The summed E-state index contributed by atoms with van der Waals surface area (Å²) >= 11 is 0. The fraction of sp³-hybridized carbons (Fsp3) is 0.440. The lowest BCUT2D eigenvalue weighted by Crippen LogP contribution is -2.08. The fourth-order valence-electron chi connectivity index (χ4n) is 2.98. The van der Waals surface area contributed by atoms with E-state index in [1.54, 1.807) is 0 Å². The Balaban J connectivity index is 1.72. The molecular weight excluding hydrogens is 344 g/mol. The van der Waals surface area contributed by atoms with E-state index in [0.29, 0.717) is 6.10 Å². The van der Waals surface area contributed by atoms with Crippen LogP contribution in [0.5, 0.6) is 0 Å². The van der Waals surface area contributed by atoms with Gasteiger partial charge in [-0.25, -0.2) is 9.97 Å². The Bertz CT molecular complexity index is 704. The van der Waals surface area contributed by atoms with Gasteiger partial charge in [-0.2, -0.15) is 0 Å². The lowest BCUT2D eigenvalue weighted by Gasteiger charge is -2.11. The van der Waals surface area contributed by atoms with Crippen molar-refractivity contribution in [3.63, 3.8) is 0 Å². The van der Waals surface area contributed by atoms with Crippen LogP contribution in [0.4, 0.5) is 0 Å². The molecule has 1 unspecified atom stereocenters. The summed E-state index contributed by atoms with van der Waals surface area (Å²) in [6, 6.07) is 8.39. The van der Waals surface area contributed by atoms with Gasteiger partial charge in [-0.3, -0.25) is 0 Å². The minimum Gasteiger partial charge on any atom is -0.379 e. The molecule has 0 aliphatic carbocycles. The van der Waals surface area contributed by atoms with Crippen molar-refractivity contribution in [1.82, 2.24) is 9.97 Å². The van der Waals surface area contributed by atoms with E-state index >= 15 is 0 Å². The van der Waals surface area contributed by atoms with Gasteiger partial charge < -0.3 is 4.74 Å². The van der Waals surface area contributed by atoms with E-state index in [4.69, 9.17) is 4.74 Å². The van der Waals surface area contributed by atoms with Crippen LogP contribution in [0, 0.1) is 0 Å². The lowest BCUT2D eigenvalue weighted by atomic mass is 10.1. The van der Waals surface area contributed by atoms with Crippen molar-refractivity contribution in [1.29, 1.82) is 0 Å². The van der Waals surface area contributed by atoms with Crippen molar-refractivity contribution in [2.75, 3.05) is 6.61 Å². The van der Waals surface area contributed by atoms with E-state index in [9.17, 15) is 0 Å². The minimum atomic E-state index is 0.363. The van der Waals surface area contributed by atoms with Crippen LogP contribution >= 0.6 is 0 Å². The van der Waals surface area contributed by atoms with Crippen LogP contribution in [0.2, 0.25) is 0 Å². The van der Waals surface area contributed by atoms with Gasteiger partial charge in [0.2, 0.25) is 0 Å². The number of aromatic nitrogens is 2. The fourth-order valence-corrected chi connectivity index (χ4v) is 2.98. The molecule has 0 radical (unpaired) electrons. The van der Waals surface area contributed by atoms with Gasteiger partial charge in [-0.05, 0) is 50.2 Å². The molecule has 0 saturated carbocycles. The molecule has 3 nitrogen and oxygen atoms in total. The average molecular weight is 379 g/mol. The van der Waals surface area contributed by atoms with Crippen LogP contribution in [0.25, 0.3) is 17.5 Å². The summed E-state index contributed by atoms with van der Waals surface area (Å²) in [5.41, 5.74) is 3.33. The van der Waals surface area contributed by atoms with E-state index in [2.05, 4.69) is 66.8 Å². The molecule has 0 aliphatic rings. The van der Waals surface area contributed by atoms with Gasteiger partial charge in [0, 0.05) is 24.6 Å². The Hall–Kier alpha value is -2.26. The smallest absolute Gasteiger partial charge is 0.159 e. The van der Waals surface area contributed by atoms with Gasteiger partial charge in [-0.15, -0.1) is 6.58 Å². The van der Waals surface area contributed by atoms with Gasteiger partial charge >= 0.3 is 0 Å². The third-order valence-electron chi connectivity index (χ3n) is 4.70. The van der Waals surface area contributed by atoms with Crippen molar-refractivity contribution < 1.29 is 4.74 Å². The normalized spacial score (nSPS) is 12.4. The van der Waals surface area contributed by atoms with Crippen LogP contribution in [0.3, 0.4) is 0 Å². The third kappa shape index (κ3) is 8.18. The molecule has 0 spiro atoms. The summed E-state index contributed by atoms with van der Waals surface area (Å²) in [5.74, 6) is 0.760. The molecule has 2 aromatic rings. The predicted molar refractivity (Wildman–Crippen MR) is 119 cm³/mol. The molecule has 1 aromatic carbocycles. The molecule has 2 rings (SSSR count). The van der Waals surface area contributed by atoms with E-state index in [1.165, 1.54) is 24.8 Å². The average Bonchev–Trinajstić information content (AvgIpc) is 2.72. The molecular formula is C25H34N2O. The Kier molecular flexibility index (Phi) is 10.2. The summed E-state index contributed by atoms with van der Waals surface area (Å²) < 4.78 is 5.84. The van der Waals surface area contributed by atoms with E-state index in [-0.39, 0.29) is 0 Å². The first-order valence-corrected chi connectivity index (χ1v) is 10.5. The molecule has 0 bridgehead atoms. The van der Waals surface area contributed by atoms with Crippen LogP contribution in [-0.2, 0) is 11.2 Å². The van der Waals surface area contributed by atoms with Crippen molar-refractivity contribution >= 4 is 6.08 Å². The van der Waals surface area contributed by atoms with E-state index < -0.39 is 0 Å². The van der Waals surface area contributed by atoms with E-state index in [0.717, 1.165) is 49.2 Å². The standard InChI is InChI=1S/C25H34N2O/c1-4-6-10-18-28-21(3)12-8-7-9-13-22-14-16-24(17-15-22)25-26-19-23(11-5-2)20-27-25/h5,9,13-17,19-21H,2,4,6-8,10-12,18H2,1,3H3/b13-9+. The second-order valence-corrected chi connectivity index (χ2v) is 7.25. The Morgan fingerprint density at radius 2 is 1.82 bits per heavy atom. The molecule has 3 heteroatoms. The highest BCUT2D eigenvalue weighted by molar-refractivity contribution is 5.59. The highest BCUT2D eigenvalue weighted by atomic mass is 16.5. The summed E-state index contributed by atoms with van der Waals surface area (Å²) in [6.45, 7) is 9.04. The van der Waals surface area contributed by atoms with Crippen LogP contribution in [-0.4, -0.2) is 22.7 Å². The molecule has 1 heterocycles. The summed E-state index contributed by atoms with van der Waals surface area (Å²) in [5, 5.41) is 0. The SMILES string of the molecule is C=CCc1cnc(-c2ccc(/C=C/CCCC(C)OCCCCC)cc2)nc1. The number of unbranched alkanes of at least 4 members (excludes halogenated alkanes) is 3. The Morgan fingerprint density at radius 3 is 2.50 bits per heavy atom. The summed E-state index contributed by atoms with van der Waals surface area (Å²) in [7, 11) is 0. The number of benzene rings is 1. The van der Waals surface area contributed by atoms with Crippen molar-refractivity contribution in [2.45, 2.75) is 64.9 Å². The first-order valence-electron chi connectivity index (χ1n) is 10.5. The van der Waals surface area contributed by atoms with Crippen LogP contribution in [0.1, 0.15) is 63.5 Å². The molecule has 0 fully saturated rings. The van der Waals surface area contributed by atoms with Crippen LogP contribution in [0.15, 0.2) is 55.4 Å². The predicted octanol–water partition coefficient (Wildman–Crippen LogP) is 6.65. The molecule has 0 N–H and O–H groups in total. The zero-order chi connectivity index (χ0) is 20.0. The summed E-state index contributed by atoms with van der Waals surface area (Å²) in [6.07, 6.45) is 18.3. The van der Waals surface area contributed by atoms with Gasteiger partial charge in [0.05, 0.1) is 6.10 Å². The first-order chi connectivity index (χ1) is 13.7. The molecule has 28 heavy (non-hydrogen) atoms. The highest BCUT2D eigenvalue weighted by Gasteiger charge is 2.02. The van der Waals surface area contributed by atoms with Gasteiger partial charge in [0.15, 0.2) is 5.82 Å². The second kappa shape index (κ2) is 13.0. The second-order valence-electron chi connectivity index (χ2n) is 7.25. The monoisotopic (exact) mass is 378 g/mol.